The Morgan fingerprint density at radius 3 is 2.62 bits per heavy atom. The largest absolute Gasteiger partial charge is 0.489 e. The van der Waals surface area contributed by atoms with Crippen LogP contribution in [0.15, 0.2) is 65.6 Å². The summed E-state index contributed by atoms with van der Waals surface area (Å²) in [4.78, 5) is 26.5. The number of nitrogens with zero attached hydrogens (tertiary/aromatic N) is 1. The Hall–Kier alpha value is -3.49. The smallest absolute Gasteiger partial charge is 0.293 e. The Bertz CT molecular complexity index is 1310. The Morgan fingerprint density at radius 1 is 1.03 bits per heavy atom. The number of halogens is 2. The van der Waals surface area contributed by atoms with Gasteiger partial charge in [0.05, 0.1) is 11.4 Å². The van der Waals surface area contributed by atoms with Crippen LogP contribution in [0.3, 0.4) is 0 Å². The number of rotatable bonds is 6. The number of ether oxygens (including phenoxy) is 3. The SMILES string of the molecule is O=C1S/C(=C/c2ccc(OCc3ccc4c(c3)OCO4)cc2)C(=O)N1Cc1ccc(F)cc1Cl. The molecule has 2 heterocycles. The van der Waals surface area contributed by atoms with Gasteiger partial charge in [0.1, 0.15) is 18.2 Å². The summed E-state index contributed by atoms with van der Waals surface area (Å²) in [5, 5.41) is -0.236. The third kappa shape index (κ3) is 4.73. The van der Waals surface area contributed by atoms with E-state index in [0.717, 1.165) is 39.6 Å². The van der Waals surface area contributed by atoms with E-state index in [9.17, 15) is 14.0 Å². The Labute approximate surface area is 203 Å². The first-order chi connectivity index (χ1) is 16.5. The van der Waals surface area contributed by atoms with E-state index in [1.165, 1.54) is 12.1 Å². The fourth-order valence-electron chi connectivity index (χ4n) is 3.47. The molecule has 3 aromatic rings. The van der Waals surface area contributed by atoms with Crippen LogP contribution in [0.4, 0.5) is 9.18 Å². The van der Waals surface area contributed by atoms with Crippen LogP contribution in [0.1, 0.15) is 16.7 Å². The van der Waals surface area contributed by atoms with Crippen LogP contribution in [0.25, 0.3) is 6.08 Å². The van der Waals surface area contributed by atoms with Gasteiger partial charge in [0, 0.05) is 5.02 Å². The normalized spacial score (nSPS) is 15.9. The maximum absolute atomic E-state index is 13.3. The molecule has 34 heavy (non-hydrogen) atoms. The molecule has 5 rings (SSSR count). The van der Waals surface area contributed by atoms with Crippen molar-refractivity contribution in [3.63, 3.8) is 0 Å². The molecule has 2 aliphatic rings. The van der Waals surface area contributed by atoms with Gasteiger partial charge in [0.15, 0.2) is 11.5 Å². The highest BCUT2D eigenvalue weighted by atomic mass is 35.5. The van der Waals surface area contributed by atoms with E-state index in [-0.39, 0.29) is 18.4 Å². The molecule has 2 amide bonds. The zero-order valence-corrected chi connectivity index (χ0v) is 19.2. The van der Waals surface area contributed by atoms with Crippen molar-refractivity contribution in [2.24, 2.45) is 0 Å². The van der Waals surface area contributed by atoms with Gasteiger partial charge in [0.25, 0.3) is 11.1 Å². The van der Waals surface area contributed by atoms with Crippen LogP contribution in [-0.2, 0) is 17.9 Å². The Kier molecular flexibility index (Phi) is 6.17. The van der Waals surface area contributed by atoms with Crippen molar-refractivity contribution in [2.45, 2.75) is 13.2 Å². The third-order valence-electron chi connectivity index (χ3n) is 5.24. The van der Waals surface area contributed by atoms with Crippen LogP contribution in [0, 0.1) is 5.82 Å². The quantitative estimate of drug-likeness (QED) is 0.388. The van der Waals surface area contributed by atoms with Crippen LogP contribution in [0.5, 0.6) is 17.2 Å². The molecule has 0 radical (unpaired) electrons. The molecule has 0 aromatic heterocycles. The first-order valence-electron chi connectivity index (χ1n) is 10.3. The molecule has 1 fully saturated rings. The van der Waals surface area contributed by atoms with E-state index in [2.05, 4.69) is 0 Å². The van der Waals surface area contributed by atoms with E-state index < -0.39 is 17.0 Å². The van der Waals surface area contributed by atoms with Crippen molar-refractivity contribution in [2.75, 3.05) is 6.79 Å². The minimum Gasteiger partial charge on any atom is -0.489 e. The van der Waals surface area contributed by atoms with Crippen LogP contribution >= 0.6 is 23.4 Å². The van der Waals surface area contributed by atoms with Gasteiger partial charge < -0.3 is 14.2 Å². The number of hydrogen-bond acceptors (Lipinski definition) is 6. The van der Waals surface area contributed by atoms with E-state index >= 15 is 0 Å². The fourth-order valence-corrected chi connectivity index (χ4v) is 4.53. The number of hydrogen-bond donors (Lipinski definition) is 0. The molecule has 0 atom stereocenters. The topological polar surface area (TPSA) is 65.1 Å². The second-order valence-corrected chi connectivity index (χ2v) is 8.95. The van der Waals surface area contributed by atoms with Gasteiger partial charge in [-0.2, -0.15) is 0 Å². The van der Waals surface area contributed by atoms with Crippen LogP contribution < -0.4 is 14.2 Å². The molecular formula is C25H17ClFNO5S. The minimum absolute atomic E-state index is 0.0201. The summed E-state index contributed by atoms with van der Waals surface area (Å²) < 4.78 is 29.8. The summed E-state index contributed by atoms with van der Waals surface area (Å²) in [6, 6.07) is 16.7. The lowest BCUT2D eigenvalue weighted by Crippen LogP contribution is -2.27. The molecule has 2 aliphatic heterocycles. The van der Waals surface area contributed by atoms with Gasteiger partial charge in [-0.05, 0) is 70.9 Å². The number of carbonyl (C=O) groups excluding carboxylic acids is 2. The minimum atomic E-state index is -0.480. The second kappa shape index (κ2) is 9.40. The molecule has 9 heteroatoms. The predicted octanol–water partition coefficient (Wildman–Crippen LogP) is 6.02. The fraction of sp³-hybridized carbons (Fsp3) is 0.120. The maximum atomic E-state index is 13.3. The average Bonchev–Trinajstić information content (AvgIpc) is 3.39. The van der Waals surface area contributed by atoms with E-state index in [1.807, 2.05) is 18.2 Å². The number of carbonyl (C=O) groups is 2. The average molecular weight is 498 g/mol. The van der Waals surface area contributed by atoms with Gasteiger partial charge in [-0.3, -0.25) is 14.5 Å². The van der Waals surface area contributed by atoms with Crippen molar-refractivity contribution < 1.29 is 28.2 Å². The molecule has 172 valence electrons. The lowest BCUT2D eigenvalue weighted by molar-refractivity contribution is -0.123. The zero-order valence-electron chi connectivity index (χ0n) is 17.6. The molecule has 0 spiro atoms. The first kappa shape index (κ1) is 22.3. The summed E-state index contributed by atoms with van der Waals surface area (Å²) in [5.74, 6) is 1.18. The van der Waals surface area contributed by atoms with Crippen molar-refractivity contribution in [1.29, 1.82) is 0 Å². The molecule has 1 saturated heterocycles. The Balaban J connectivity index is 1.23. The third-order valence-corrected chi connectivity index (χ3v) is 6.50. The molecule has 0 N–H and O–H groups in total. The predicted molar refractivity (Wildman–Crippen MR) is 126 cm³/mol. The first-order valence-corrected chi connectivity index (χ1v) is 11.5. The highest BCUT2D eigenvalue weighted by molar-refractivity contribution is 8.18. The summed E-state index contributed by atoms with van der Waals surface area (Å²) in [7, 11) is 0. The second-order valence-electron chi connectivity index (χ2n) is 7.55. The molecule has 0 unspecified atom stereocenters. The lowest BCUT2D eigenvalue weighted by atomic mass is 10.2. The molecular weight excluding hydrogens is 481 g/mol. The standard InChI is InChI=1S/C25H17ClFNO5S/c26-20-11-18(27)5-4-17(20)12-28-24(29)23(34-25(28)30)10-15-1-6-19(7-2-15)31-13-16-3-8-21-22(9-16)33-14-32-21/h1-11H,12-14H2/b23-10+. The highest BCUT2D eigenvalue weighted by Crippen LogP contribution is 2.35. The monoisotopic (exact) mass is 497 g/mol. The van der Waals surface area contributed by atoms with Crippen molar-refractivity contribution in [3.8, 4) is 17.2 Å². The van der Waals surface area contributed by atoms with Gasteiger partial charge in [-0.15, -0.1) is 0 Å². The Morgan fingerprint density at radius 2 is 1.82 bits per heavy atom. The number of amides is 2. The molecule has 0 bridgehead atoms. The number of imide groups is 1. The van der Waals surface area contributed by atoms with Gasteiger partial charge >= 0.3 is 0 Å². The summed E-state index contributed by atoms with van der Waals surface area (Å²) in [6.07, 6.45) is 1.65. The zero-order chi connectivity index (χ0) is 23.7. The summed E-state index contributed by atoms with van der Waals surface area (Å²) in [6.45, 7) is 0.565. The van der Waals surface area contributed by atoms with E-state index in [0.29, 0.717) is 28.6 Å². The molecule has 6 nitrogen and oxygen atoms in total. The lowest BCUT2D eigenvalue weighted by Gasteiger charge is -2.13. The number of fused-ring (bicyclic) bond motifs is 1. The van der Waals surface area contributed by atoms with Crippen LogP contribution in [-0.4, -0.2) is 22.8 Å². The molecule has 0 saturated carbocycles. The maximum Gasteiger partial charge on any atom is 0.293 e. The highest BCUT2D eigenvalue weighted by Gasteiger charge is 2.35. The number of benzene rings is 3. The number of thioether (sulfide) groups is 1. The van der Waals surface area contributed by atoms with Gasteiger partial charge in [-0.1, -0.05) is 35.9 Å². The summed E-state index contributed by atoms with van der Waals surface area (Å²) >= 11 is 6.89. The van der Waals surface area contributed by atoms with Crippen molar-refractivity contribution in [3.05, 3.63) is 93.1 Å². The molecule has 0 aliphatic carbocycles. The van der Waals surface area contributed by atoms with E-state index in [4.69, 9.17) is 25.8 Å². The van der Waals surface area contributed by atoms with E-state index in [1.54, 1.807) is 30.3 Å². The summed E-state index contributed by atoms with van der Waals surface area (Å²) in [5.41, 5.74) is 2.19. The van der Waals surface area contributed by atoms with Crippen molar-refractivity contribution in [1.82, 2.24) is 4.90 Å². The van der Waals surface area contributed by atoms with Gasteiger partial charge in [0.2, 0.25) is 6.79 Å². The van der Waals surface area contributed by atoms with Gasteiger partial charge in [-0.25, -0.2) is 4.39 Å². The van der Waals surface area contributed by atoms with Crippen molar-refractivity contribution >= 4 is 40.6 Å². The van der Waals surface area contributed by atoms with Crippen LogP contribution in [0.2, 0.25) is 5.02 Å². The molecule has 3 aromatic carbocycles.